The molecule has 3 heterocycles. The number of carbonyl (C=O) groups is 1. The molecule has 5 nitrogen and oxygen atoms in total. The average Bonchev–Trinajstić information content (AvgIpc) is 3.07. The second kappa shape index (κ2) is 4.66. The molecule has 0 radical (unpaired) electrons. The van der Waals surface area contributed by atoms with Crippen LogP contribution in [0.25, 0.3) is 17.0 Å². The lowest BCUT2D eigenvalue weighted by Crippen LogP contribution is -2.02. The molecule has 1 aliphatic rings. The zero-order chi connectivity index (χ0) is 14.4. The van der Waals surface area contributed by atoms with Crippen LogP contribution in [0.1, 0.15) is 34.0 Å². The summed E-state index contributed by atoms with van der Waals surface area (Å²) in [5.74, 6) is 0.130. The number of imidazole rings is 1. The minimum atomic E-state index is -0.293. The Kier molecular flexibility index (Phi) is 2.78. The zero-order valence-electron chi connectivity index (χ0n) is 11.4. The van der Waals surface area contributed by atoms with E-state index >= 15 is 0 Å². The van der Waals surface area contributed by atoms with Gasteiger partial charge in [0.15, 0.2) is 0 Å². The molecule has 0 unspecified atom stereocenters. The van der Waals surface area contributed by atoms with Crippen molar-refractivity contribution in [1.82, 2.24) is 13.8 Å². The van der Waals surface area contributed by atoms with E-state index in [4.69, 9.17) is 4.74 Å². The van der Waals surface area contributed by atoms with Gasteiger partial charge in [0.25, 0.3) is 0 Å². The summed E-state index contributed by atoms with van der Waals surface area (Å²) >= 11 is 1.22. The Balaban J connectivity index is 1.94. The standard InChI is InChI=1S/C15H13N3O2S/c1-20-15(19)14-12(9-5-6-9)13(17-21-14)10-3-2-4-11-16-7-8-18(10)11/h2-4,7-9H,5-6H2,1H3. The molecule has 1 saturated carbocycles. The second-order valence-corrected chi connectivity index (χ2v) is 5.88. The molecule has 0 spiro atoms. The molecule has 6 heteroatoms. The molecule has 4 rings (SSSR count). The van der Waals surface area contributed by atoms with Gasteiger partial charge < -0.3 is 4.74 Å². The maximum atomic E-state index is 12.0. The Hall–Kier alpha value is -2.21. The van der Waals surface area contributed by atoms with Crippen molar-refractivity contribution in [3.63, 3.8) is 0 Å². The number of nitrogens with zero attached hydrogens (tertiary/aromatic N) is 3. The molecule has 0 aliphatic heterocycles. The molecule has 21 heavy (non-hydrogen) atoms. The van der Waals surface area contributed by atoms with Gasteiger partial charge in [-0.2, -0.15) is 4.37 Å². The molecular weight excluding hydrogens is 286 g/mol. The number of hydrogen-bond acceptors (Lipinski definition) is 5. The first-order valence-corrected chi connectivity index (χ1v) is 7.57. The molecular formula is C15H13N3O2S. The van der Waals surface area contributed by atoms with Crippen LogP contribution in [-0.2, 0) is 4.74 Å². The first-order valence-electron chi connectivity index (χ1n) is 6.80. The molecule has 0 aromatic carbocycles. The maximum Gasteiger partial charge on any atom is 0.349 e. The summed E-state index contributed by atoms with van der Waals surface area (Å²) in [7, 11) is 1.41. The van der Waals surface area contributed by atoms with Gasteiger partial charge in [-0.1, -0.05) is 6.07 Å². The molecule has 0 amide bonds. The van der Waals surface area contributed by atoms with Crippen molar-refractivity contribution in [3.05, 3.63) is 41.0 Å². The first-order chi connectivity index (χ1) is 10.3. The topological polar surface area (TPSA) is 56.5 Å². The van der Waals surface area contributed by atoms with Crippen LogP contribution in [0.2, 0.25) is 0 Å². The number of fused-ring (bicyclic) bond motifs is 1. The van der Waals surface area contributed by atoms with Crippen LogP contribution in [-0.4, -0.2) is 26.8 Å². The SMILES string of the molecule is COC(=O)c1snc(-c2cccc3nccn23)c1C1CC1. The van der Waals surface area contributed by atoms with Crippen molar-refractivity contribution in [2.75, 3.05) is 7.11 Å². The highest BCUT2D eigenvalue weighted by atomic mass is 32.1. The van der Waals surface area contributed by atoms with Gasteiger partial charge in [0, 0.05) is 18.0 Å². The van der Waals surface area contributed by atoms with E-state index in [1.807, 2.05) is 28.8 Å². The van der Waals surface area contributed by atoms with Gasteiger partial charge in [0.05, 0.1) is 12.8 Å². The van der Waals surface area contributed by atoms with Crippen LogP contribution in [0.15, 0.2) is 30.6 Å². The Morgan fingerprint density at radius 3 is 3.05 bits per heavy atom. The third kappa shape index (κ3) is 1.94. The largest absolute Gasteiger partial charge is 0.465 e. The van der Waals surface area contributed by atoms with E-state index in [2.05, 4.69) is 9.36 Å². The molecule has 3 aromatic heterocycles. The summed E-state index contributed by atoms with van der Waals surface area (Å²) in [6, 6.07) is 5.93. The fourth-order valence-corrected chi connectivity index (χ4v) is 3.51. The smallest absolute Gasteiger partial charge is 0.349 e. The second-order valence-electron chi connectivity index (χ2n) is 5.11. The van der Waals surface area contributed by atoms with Crippen LogP contribution < -0.4 is 0 Å². The van der Waals surface area contributed by atoms with Gasteiger partial charge in [-0.15, -0.1) is 0 Å². The lowest BCUT2D eigenvalue weighted by Gasteiger charge is -2.06. The first kappa shape index (κ1) is 12.5. The van der Waals surface area contributed by atoms with E-state index < -0.39 is 0 Å². The molecule has 3 aromatic rings. The fraction of sp³-hybridized carbons (Fsp3) is 0.267. The van der Waals surface area contributed by atoms with E-state index in [9.17, 15) is 4.79 Å². The molecule has 1 fully saturated rings. The summed E-state index contributed by atoms with van der Waals surface area (Å²) in [4.78, 5) is 16.9. The normalized spacial score (nSPS) is 14.5. The highest BCUT2D eigenvalue weighted by Gasteiger charge is 2.34. The lowest BCUT2D eigenvalue weighted by atomic mass is 10.1. The summed E-state index contributed by atoms with van der Waals surface area (Å²) in [5, 5.41) is 0. The Morgan fingerprint density at radius 1 is 1.43 bits per heavy atom. The molecule has 0 N–H and O–H groups in total. The average molecular weight is 299 g/mol. The molecule has 1 aliphatic carbocycles. The van der Waals surface area contributed by atoms with Crippen LogP contribution in [0.4, 0.5) is 0 Å². The third-order valence-corrected chi connectivity index (χ3v) is 4.60. The van der Waals surface area contributed by atoms with Crippen molar-refractivity contribution >= 4 is 23.1 Å². The van der Waals surface area contributed by atoms with E-state index in [-0.39, 0.29) is 5.97 Å². The molecule has 106 valence electrons. The molecule has 0 atom stereocenters. The van der Waals surface area contributed by atoms with Crippen molar-refractivity contribution < 1.29 is 9.53 Å². The van der Waals surface area contributed by atoms with Gasteiger partial charge in [0.2, 0.25) is 0 Å². The predicted octanol–water partition coefficient (Wildman–Crippen LogP) is 3.12. The Labute approximate surface area is 125 Å². The number of aromatic nitrogens is 3. The maximum absolute atomic E-state index is 12.0. The van der Waals surface area contributed by atoms with Crippen LogP contribution >= 0.6 is 11.5 Å². The molecule has 0 saturated heterocycles. The highest BCUT2D eigenvalue weighted by Crippen LogP contribution is 2.47. The Morgan fingerprint density at radius 2 is 2.29 bits per heavy atom. The van der Waals surface area contributed by atoms with Gasteiger partial charge >= 0.3 is 5.97 Å². The number of pyridine rings is 1. The van der Waals surface area contributed by atoms with Gasteiger partial charge in [-0.05, 0) is 42.4 Å². The van der Waals surface area contributed by atoms with Crippen LogP contribution in [0, 0.1) is 0 Å². The molecule has 0 bridgehead atoms. The quantitative estimate of drug-likeness (QED) is 0.697. The lowest BCUT2D eigenvalue weighted by molar-refractivity contribution is 0.0605. The van der Waals surface area contributed by atoms with E-state index in [0.717, 1.165) is 35.4 Å². The van der Waals surface area contributed by atoms with Crippen molar-refractivity contribution in [1.29, 1.82) is 0 Å². The summed E-state index contributed by atoms with van der Waals surface area (Å²) in [6.45, 7) is 0. The fourth-order valence-electron chi connectivity index (χ4n) is 2.61. The monoisotopic (exact) mass is 299 g/mol. The highest BCUT2D eigenvalue weighted by molar-refractivity contribution is 7.08. The van der Waals surface area contributed by atoms with Crippen LogP contribution in [0.3, 0.4) is 0 Å². The summed E-state index contributed by atoms with van der Waals surface area (Å²) in [5.41, 5.74) is 3.76. The number of ether oxygens (including phenoxy) is 1. The summed E-state index contributed by atoms with van der Waals surface area (Å²) in [6.07, 6.45) is 5.90. The van der Waals surface area contributed by atoms with Gasteiger partial charge in [-0.3, -0.25) is 4.40 Å². The van der Waals surface area contributed by atoms with Crippen molar-refractivity contribution in [2.24, 2.45) is 0 Å². The summed E-state index contributed by atoms with van der Waals surface area (Å²) < 4.78 is 11.4. The van der Waals surface area contributed by atoms with Crippen molar-refractivity contribution in [3.8, 4) is 11.4 Å². The van der Waals surface area contributed by atoms with E-state index in [1.54, 1.807) is 6.20 Å². The van der Waals surface area contributed by atoms with Crippen molar-refractivity contribution in [2.45, 2.75) is 18.8 Å². The number of carbonyl (C=O) groups excluding carboxylic acids is 1. The number of methoxy groups -OCH3 is 1. The predicted molar refractivity (Wildman–Crippen MR) is 79.6 cm³/mol. The van der Waals surface area contributed by atoms with E-state index in [0.29, 0.717) is 10.8 Å². The minimum Gasteiger partial charge on any atom is -0.465 e. The zero-order valence-corrected chi connectivity index (χ0v) is 12.3. The van der Waals surface area contributed by atoms with Gasteiger partial charge in [-0.25, -0.2) is 9.78 Å². The number of esters is 1. The van der Waals surface area contributed by atoms with E-state index in [1.165, 1.54) is 18.6 Å². The third-order valence-electron chi connectivity index (χ3n) is 3.76. The minimum absolute atomic E-state index is 0.293. The number of hydrogen-bond donors (Lipinski definition) is 0. The number of rotatable bonds is 3. The van der Waals surface area contributed by atoms with Gasteiger partial charge in [0.1, 0.15) is 16.2 Å². The van der Waals surface area contributed by atoms with Crippen LogP contribution in [0.5, 0.6) is 0 Å². The Bertz CT molecular complexity index is 832.